The number of benzene rings is 2. The Bertz CT molecular complexity index is 624. The second kappa shape index (κ2) is 8.32. The lowest BCUT2D eigenvalue weighted by Gasteiger charge is -2.05. The van der Waals surface area contributed by atoms with Crippen molar-refractivity contribution in [2.24, 2.45) is 5.10 Å². The monoisotopic (exact) mass is 505 g/mol. The van der Waals surface area contributed by atoms with Crippen molar-refractivity contribution in [3.63, 3.8) is 0 Å². The summed E-state index contributed by atoms with van der Waals surface area (Å²) in [5.74, 6) is -0.185. The molecule has 21 heavy (non-hydrogen) atoms. The minimum Gasteiger partial charge on any atom is -0.376 e. The number of carbonyl (C=O) groups is 1. The minimum atomic E-state index is -0.185. The average Bonchev–Trinajstić information content (AvgIpc) is 2.49. The van der Waals surface area contributed by atoms with E-state index in [2.05, 4.69) is 61.0 Å². The van der Waals surface area contributed by atoms with E-state index in [4.69, 9.17) is 0 Å². The van der Waals surface area contributed by atoms with Gasteiger partial charge in [0, 0.05) is 12.8 Å². The van der Waals surface area contributed by atoms with Crippen molar-refractivity contribution < 1.29 is 4.79 Å². The molecular weight excluding hydrogens is 492 g/mol. The van der Waals surface area contributed by atoms with E-state index in [-0.39, 0.29) is 12.5 Å². The molecule has 0 atom stereocenters. The summed E-state index contributed by atoms with van der Waals surface area (Å²) in [5.41, 5.74) is 4.35. The van der Waals surface area contributed by atoms with Gasteiger partial charge in [0.15, 0.2) is 0 Å². The van der Waals surface area contributed by atoms with E-state index in [0.29, 0.717) is 0 Å². The standard InChI is InChI=1S/C15H13I2N3O/c16-12-3-1-11(2-4-12)9-19-20-15(21)10-18-14-7-5-13(17)6-8-14/h1-9,18H,10H2,(H,20,21)/b19-9-. The van der Waals surface area contributed by atoms with E-state index in [1.54, 1.807) is 6.21 Å². The largest absolute Gasteiger partial charge is 0.376 e. The molecule has 2 rings (SSSR count). The van der Waals surface area contributed by atoms with Gasteiger partial charge in [-0.05, 0) is 87.1 Å². The van der Waals surface area contributed by atoms with Crippen LogP contribution in [0.5, 0.6) is 0 Å². The van der Waals surface area contributed by atoms with Gasteiger partial charge in [0.2, 0.25) is 0 Å². The molecule has 0 radical (unpaired) electrons. The molecule has 0 aliphatic heterocycles. The number of nitrogens with zero attached hydrogens (tertiary/aromatic N) is 1. The third-order valence-corrected chi connectivity index (χ3v) is 4.01. The van der Waals surface area contributed by atoms with Gasteiger partial charge in [0.25, 0.3) is 5.91 Å². The fourth-order valence-corrected chi connectivity index (χ4v) is 2.24. The van der Waals surface area contributed by atoms with Crippen molar-refractivity contribution >= 4 is 63.0 Å². The highest BCUT2D eigenvalue weighted by Crippen LogP contribution is 2.10. The van der Waals surface area contributed by atoms with Gasteiger partial charge in [0.05, 0.1) is 12.8 Å². The molecular formula is C15H13I2N3O. The van der Waals surface area contributed by atoms with Crippen molar-refractivity contribution in [1.29, 1.82) is 0 Å². The van der Waals surface area contributed by atoms with Crippen LogP contribution < -0.4 is 10.7 Å². The number of hydrogen-bond donors (Lipinski definition) is 2. The molecule has 0 bridgehead atoms. The Balaban J connectivity index is 1.77. The molecule has 2 aromatic rings. The Labute approximate surface area is 150 Å². The number of anilines is 1. The van der Waals surface area contributed by atoms with Crippen molar-refractivity contribution in [1.82, 2.24) is 5.43 Å². The molecule has 2 N–H and O–H groups in total. The zero-order valence-corrected chi connectivity index (χ0v) is 15.3. The summed E-state index contributed by atoms with van der Waals surface area (Å²) in [6.45, 7) is 0.185. The molecule has 0 heterocycles. The number of amides is 1. The first-order chi connectivity index (χ1) is 10.1. The fraction of sp³-hybridized carbons (Fsp3) is 0.0667. The fourth-order valence-electron chi connectivity index (χ4n) is 1.52. The van der Waals surface area contributed by atoms with Gasteiger partial charge in [-0.25, -0.2) is 5.43 Å². The zero-order valence-electron chi connectivity index (χ0n) is 11.0. The summed E-state index contributed by atoms with van der Waals surface area (Å²) in [4.78, 5) is 11.6. The average molecular weight is 505 g/mol. The maximum Gasteiger partial charge on any atom is 0.259 e. The highest BCUT2D eigenvalue weighted by atomic mass is 127. The van der Waals surface area contributed by atoms with Crippen LogP contribution in [0, 0.1) is 7.14 Å². The van der Waals surface area contributed by atoms with Gasteiger partial charge in [-0.3, -0.25) is 4.79 Å². The molecule has 0 unspecified atom stereocenters. The lowest BCUT2D eigenvalue weighted by atomic mass is 10.2. The number of nitrogens with one attached hydrogen (secondary N) is 2. The van der Waals surface area contributed by atoms with Crippen molar-refractivity contribution in [2.75, 3.05) is 11.9 Å². The van der Waals surface area contributed by atoms with Gasteiger partial charge < -0.3 is 5.32 Å². The molecule has 4 nitrogen and oxygen atoms in total. The Morgan fingerprint density at radius 1 is 1.00 bits per heavy atom. The quantitative estimate of drug-likeness (QED) is 0.372. The van der Waals surface area contributed by atoms with Crippen molar-refractivity contribution in [3.8, 4) is 0 Å². The Morgan fingerprint density at radius 2 is 1.57 bits per heavy atom. The summed E-state index contributed by atoms with van der Waals surface area (Å²) < 4.78 is 2.32. The Morgan fingerprint density at radius 3 is 2.19 bits per heavy atom. The molecule has 2 aromatic carbocycles. The first-order valence-electron chi connectivity index (χ1n) is 6.20. The predicted octanol–water partition coefficient (Wildman–Crippen LogP) is 3.46. The summed E-state index contributed by atoms with van der Waals surface area (Å²) in [6.07, 6.45) is 1.62. The summed E-state index contributed by atoms with van der Waals surface area (Å²) in [6, 6.07) is 15.7. The molecule has 0 saturated carbocycles. The van der Waals surface area contributed by atoms with Crippen LogP contribution >= 0.6 is 45.2 Å². The van der Waals surface area contributed by atoms with E-state index in [0.717, 1.165) is 18.4 Å². The first-order valence-corrected chi connectivity index (χ1v) is 8.36. The number of hydrogen-bond acceptors (Lipinski definition) is 3. The van der Waals surface area contributed by atoms with Crippen molar-refractivity contribution in [3.05, 3.63) is 61.2 Å². The van der Waals surface area contributed by atoms with E-state index >= 15 is 0 Å². The van der Waals surface area contributed by atoms with Gasteiger partial charge >= 0.3 is 0 Å². The summed E-state index contributed by atoms with van der Waals surface area (Å²) in [5, 5.41) is 6.97. The lowest BCUT2D eigenvalue weighted by molar-refractivity contribution is -0.119. The van der Waals surface area contributed by atoms with E-state index in [1.807, 2.05) is 48.5 Å². The van der Waals surface area contributed by atoms with Crippen LogP contribution in [0.15, 0.2) is 53.6 Å². The van der Waals surface area contributed by atoms with E-state index in [1.165, 1.54) is 0 Å². The van der Waals surface area contributed by atoms with Gasteiger partial charge in [-0.15, -0.1) is 0 Å². The van der Waals surface area contributed by atoms with E-state index < -0.39 is 0 Å². The number of hydrazone groups is 1. The highest BCUT2D eigenvalue weighted by molar-refractivity contribution is 14.1. The van der Waals surface area contributed by atoms with E-state index in [9.17, 15) is 4.79 Å². The van der Waals surface area contributed by atoms with Crippen LogP contribution in [0.25, 0.3) is 0 Å². The molecule has 0 saturated heterocycles. The molecule has 0 aliphatic rings. The van der Waals surface area contributed by atoms with Crippen LogP contribution in [0.2, 0.25) is 0 Å². The third-order valence-electron chi connectivity index (χ3n) is 2.57. The number of carbonyl (C=O) groups excluding carboxylic acids is 1. The molecule has 6 heteroatoms. The normalized spacial score (nSPS) is 10.6. The molecule has 108 valence electrons. The minimum absolute atomic E-state index is 0.185. The zero-order chi connectivity index (χ0) is 15.1. The number of halogens is 2. The number of rotatable bonds is 5. The highest BCUT2D eigenvalue weighted by Gasteiger charge is 1.99. The van der Waals surface area contributed by atoms with Gasteiger partial charge in [-0.2, -0.15) is 5.10 Å². The Hall–Kier alpha value is -1.16. The van der Waals surface area contributed by atoms with Crippen LogP contribution in [0.3, 0.4) is 0 Å². The maximum atomic E-state index is 11.6. The second-order valence-corrected chi connectivity index (χ2v) is 6.70. The molecule has 1 amide bonds. The topological polar surface area (TPSA) is 53.5 Å². The van der Waals surface area contributed by atoms with Crippen LogP contribution in [-0.4, -0.2) is 18.7 Å². The van der Waals surface area contributed by atoms with Gasteiger partial charge in [0.1, 0.15) is 0 Å². The van der Waals surface area contributed by atoms with Crippen molar-refractivity contribution in [2.45, 2.75) is 0 Å². The van der Waals surface area contributed by atoms with Crippen LogP contribution in [0.1, 0.15) is 5.56 Å². The molecule has 0 aromatic heterocycles. The SMILES string of the molecule is O=C(CNc1ccc(I)cc1)N/N=C\c1ccc(I)cc1. The molecule has 0 aliphatic carbocycles. The van der Waals surface area contributed by atoms with Gasteiger partial charge in [-0.1, -0.05) is 12.1 Å². The lowest BCUT2D eigenvalue weighted by Crippen LogP contribution is -2.25. The van der Waals surface area contributed by atoms with Crippen LogP contribution in [-0.2, 0) is 4.79 Å². The Kier molecular flexibility index (Phi) is 6.43. The summed E-state index contributed by atoms with van der Waals surface area (Å²) >= 11 is 4.48. The predicted molar refractivity (Wildman–Crippen MR) is 103 cm³/mol. The third kappa shape index (κ3) is 6.00. The molecule has 0 spiro atoms. The summed E-state index contributed by atoms with van der Waals surface area (Å²) in [7, 11) is 0. The van der Waals surface area contributed by atoms with Crippen LogP contribution in [0.4, 0.5) is 5.69 Å². The second-order valence-electron chi connectivity index (χ2n) is 4.21. The molecule has 0 fully saturated rings. The smallest absolute Gasteiger partial charge is 0.259 e. The first kappa shape index (κ1) is 16.2. The maximum absolute atomic E-state index is 11.6.